The summed E-state index contributed by atoms with van der Waals surface area (Å²) in [5, 5.41) is 2.80. The predicted molar refractivity (Wildman–Crippen MR) is 66.1 cm³/mol. The Morgan fingerprint density at radius 1 is 1.33 bits per heavy atom. The summed E-state index contributed by atoms with van der Waals surface area (Å²) in [6.45, 7) is 0.430. The fourth-order valence-electron chi connectivity index (χ4n) is 1.67. The summed E-state index contributed by atoms with van der Waals surface area (Å²) < 4.78 is 22.6. The van der Waals surface area contributed by atoms with Gasteiger partial charge in [-0.1, -0.05) is 0 Å². The van der Waals surface area contributed by atoms with Crippen molar-refractivity contribution >= 4 is 21.6 Å². The molecule has 0 saturated carbocycles. The van der Waals surface area contributed by atoms with E-state index in [2.05, 4.69) is 15.3 Å². The van der Waals surface area contributed by atoms with Gasteiger partial charge < -0.3 is 10.2 Å². The van der Waals surface area contributed by atoms with Crippen molar-refractivity contribution in [3.63, 3.8) is 0 Å². The molecule has 18 heavy (non-hydrogen) atoms. The Kier molecular flexibility index (Phi) is 3.46. The Balaban J connectivity index is 2.12. The number of sulfone groups is 1. The number of nitrogens with zero attached hydrogens (tertiary/aromatic N) is 3. The van der Waals surface area contributed by atoms with E-state index in [1.807, 2.05) is 0 Å². The summed E-state index contributed by atoms with van der Waals surface area (Å²) >= 11 is 0. The third-order valence-electron chi connectivity index (χ3n) is 2.74. The van der Waals surface area contributed by atoms with Gasteiger partial charge >= 0.3 is 0 Å². The minimum absolute atomic E-state index is 0.0118. The number of carbonyl (C=O) groups excluding carboxylic acids is 1. The van der Waals surface area contributed by atoms with Crippen molar-refractivity contribution in [3.8, 4) is 0 Å². The summed E-state index contributed by atoms with van der Waals surface area (Å²) in [5.41, 5.74) is 0.223. The molecule has 0 spiro atoms. The smallest absolute Gasteiger partial charge is 0.274 e. The van der Waals surface area contributed by atoms with Gasteiger partial charge in [-0.05, 0) is 0 Å². The van der Waals surface area contributed by atoms with Gasteiger partial charge in [-0.2, -0.15) is 0 Å². The molecule has 1 aliphatic heterocycles. The minimum atomic E-state index is -2.99. The Morgan fingerprint density at radius 2 is 2.00 bits per heavy atom. The van der Waals surface area contributed by atoms with Crippen LogP contribution in [0.1, 0.15) is 10.5 Å². The van der Waals surface area contributed by atoms with Crippen LogP contribution < -0.4 is 5.32 Å². The Morgan fingerprint density at radius 3 is 2.61 bits per heavy atom. The standard InChI is InChI=1S/C10H14N4O3S/c1-11-9-7-12-6-8(13-9)10(15)14-2-4-18(16,17)5-3-14/h6-7H,2-5H2,1H3,(H,11,13). The van der Waals surface area contributed by atoms with Crippen LogP contribution >= 0.6 is 0 Å². The molecule has 1 amide bonds. The molecule has 8 heteroatoms. The van der Waals surface area contributed by atoms with Gasteiger partial charge in [0.2, 0.25) is 0 Å². The van der Waals surface area contributed by atoms with Crippen molar-refractivity contribution < 1.29 is 13.2 Å². The van der Waals surface area contributed by atoms with Crippen molar-refractivity contribution in [2.45, 2.75) is 0 Å². The molecule has 0 radical (unpaired) electrons. The van der Waals surface area contributed by atoms with Crippen LogP contribution in [0.3, 0.4) is 0 Å². The lowest BCUT2D eigenvalue weighted by molar-refractivity contribution is 0.0764. The maximum atomic E-state index is 12.1. The molecule has 7 nitrogen and oxygen atoms in total. The summed E-state index contributed by atoms with van der Waals surface area (Å²) in [7, 11) is -1.30. The quantitative estimate of drug-likeness (QED) is 0.770. The van der Waals surface area contributed by atoms with Crippen molar-refractivity contribution in [1.82, 2.24) is 14.9 Å². The first-order valence-corrected chi connectivity index (χ1v) is 7.33. The van der Waals surface area contributed by atoms with Crippen LogP contribution in [-0.2, 0) is 9.84 Å². The van der Waals surface area contributed by atoms with Gasteiger partial charge in [-0.25, -0.2) is 13.4 Å². The fourth-order valence-corrected chi connectivity index (χ4v) is 2.87. The normalized spacial score (nSPS) is 18.4. The molecule has 0 atom stereocenters. The van der Waals surface area contributed by atoms with Crippen LogP contribution in [0.25, 0.3) is 0 Å². The molecule has 1 N–H and O–H groups in total. The Labute approximate surface area is 105 Å². The maximum absolute atomic E-state index is 12.1. The number of aromatic nitrogens is 2. The molecule has 0 unspecified atom stereocenters. The van der Waals surface area contributed by atoms with E-state index in [0.717, 1.165) is 0 Å². The zero-order valence-corrected chi connectivity index (χ0v) is 10.8. The first-order chi connectivity index (χ1) is 8.52. The van der Waals surface area contributed by atoms with E-state index in [9.17, 15) is 13.2 Å². The fraction of sp³-hybridized carbons (Fsp3) is 0.500. The van der Waals surface area contributed by atoms with Crippen molar-refractivity contribution in [2.24, 2.45) is 0 Å². The number of carbonyl (C=O) groups is 1. The molecule has 0 bridgehead atoms. The van der Waals surface area contributed by atoms with Gasteiger partial charge in [0.15, 0.2) is 9.84 Å². The average molecular weight is 270 g/mol. The molecule has 1 saturated heterocycles. The van der Waals surface area contributed by atoms with Gasteiger partial charge in [0.1, 0.15) is 11.5 Å². The zero-order valence-electron chi connectivity index (χ0n) is 9.96. The number of rotatable bonds is 2. The highest BCUT2D eigenvalue weighted by Gasteiger charge is 2.26. The molecule has 1 aromatic heterocycles. The molecule has 1 aliphatic rings. The maximum Gasteiger partial charge on any atom is 0.274 e. The molecular formula is C10H14N4O3S. The molecular weight excluding hydrogens is 256 g/mol. The lowest BCUT2D eigenvalue weighted by Crippen LogP contribution is -2.44. The van der Waals surface area contributed by atoms with Gasteiger partial charge in [0.05, 0.1) is 23.9 Å². The highest BCUT2D eigenvalue weighted by molar-refractivity contribution is 7.91. The van der Waals surface area contributed by atoms with Gasteiger partial charge in [-0.15, -0.1) is 0 Å². The summed E-state index contributed by atoms with van der Waals surface area (Å²) in [4.78, 5) is 21.6. The molecule has 1 aromatic rings. The SMILES string of the molecule is CNc1cncc(C(=O)N2CCS(=O)(=O)CC2)n1. The van der Waals surface area contributed by atoms with Crippen LogP contribution in [0, 0.1) is 0 Å². The topological polar surface area (TPSA) is 92.3 Å². The van der Waals surface area contributed by atoms with E-state index >= 15 is 0 Å². The highest BCUT2D eigenvalue weighted by atomic mass is 32.2. The van der Waals surface area contributed by atoms with Crippen LogP contribution in [-0.4, -0.2) is 60.8 Å². The third kappa shape index (κ3) is 2.76. The first kappa shape index (κ1) is 12.7. The molecule has 0 aromatic carbocycles. The number of nitrogens with one attached hydrogen (secondary N) is 1. The van der Waals surface area contributed by atoms with E-state index in [4.69, 9.17) is 0 Å². The second-order valence-electron chi connectivity index (χ2n) is 3.98. The Hall–Kier alpha value is -1.70. The first-order valence-electron chi connectivity index (χ1n) is 5.51. The van der Waals surface area contributed by atoms with E-state index in [1.54, 1.807) is 7.05 Å². The van der Waals surface area contributed by atoms with Crippen LogP contribution in [0.4, 0.5) is 5.82 Å². The monoisotopic (exact) mass is 270 g/mol. The molecule has 1 fully saturated rings. The second-order valence-corrected chi connectivity index (χ2v) is 6.29. The number of hydrogen-bond donors (Lipinski definition) is 1. The van der Waals surface area contributed by atoms with Crippen LogP contribution in [0.15, 0.2) is 12.4 Å². The van der Waals surface area contributed by atoms with Crippen molar-refractivity contribution in [2.75, 3.05) is 37.0 Å². The molecule has 2 rings (SSSR count). The summed E-state index contributed by atoms with van der Waals surface area (Å²) in [6.07, 6.45) is 2.89. The van der Waals surface area contributed by atoms with Gasteiger partial charge in [0.25, 0.3) is 5.91 Å². The van der Waals surface area contributed by atoms with E-state index in [-0.39, 0.29) is 36.2 Å². The number of hydrogen-bond acceptors (Lipinski definition) is 6. The largest absolute Gasteiger partial charge is 0.372 e. The predicted octanol–water partition coefficient (Wildman–Crippen LogP) is -0.611. The molecule has 0 aliphatic carbocycles. The highest BCUT2D eigenvalue weighted by Crippen LogP contribution is 2.09. The van der Waals surface area contributed by atoms with Crippen molar-refractivity contribution in [3.05, 3.63) is 18.1 Å². The van der Waals surface area contributed by atoms with Gasteiger partial charge in [0, 0.05) is 20.1 Å². The van der Waals surface area contributed by atoms with Crippen molar-refractivity contribution in [1.29, 1.82) is 0 Å². The summed E-state index contributed by atoms with van der Waals surface area (Å²) in [6, 6.07) is 0. The van der Waals surface area contributed by atoms with Gasteiger partial charge in [-0.3, -0.25) is 9.78 Å². The number of anilines is 1. The van der Waals surface area contributed by atoms with E-state index in [0.29, 0.717) is 5.82 Å². The molecule has 98 valence electrons. The third-order valence-corrected chi connectivity index (χ3v) is 4.35. The lowest BCUT2D eigenvalue weighted by Gasteiger charge is -2.26. The van der Waals surface area contributed by atoms with E-state index in [1.165, 1.54) is 17.3 Å². The average Bonchev–Trinajstić information content (AvgIpc) is 2.38. The Bertz CT molecular complexity index is 544. The number of amides is 1. The summed E-state index contributed by atoms with van der Waals surface area (Å²) in [5.74, 6) is 0.246. The lowest BCUT2D eigenvalue weighted by atomic mass is 10.3. The minimum Gasteiger partial charge on any atom is -0.372 e. The zero-order chi connectivity index (χ0) is 13.2. The van der Waals surface area contributed by atoms with E-state index < -0.39 is 9.84 Å². The van der Waals surface area contributed by atoms with Crippen LogP contribution in [0.2, 0.25) is 0 Å². The van der Waals surface area contributed by atoms with Crippen LogP contribution in [0.5, 0.6) is 0 Å². The second kappa shape index (κ2) is 4.89. The molecule has 2 heterocycles.